The van der Waals surface area contributed by atoms with Crippen LogP contribution in [-0.4, -0.2) is 27.4 Å². The van der Waals surface area contributed by atoms with Gasteiger partial charge in [0.1, 0.15) is 6.07 Å². The van der Waals surface area contributed by atoms with Crippen LogP contribution in [0.25, 0.3) is 0 Å². The minimum absolute atomic E-state index is 0.170. The fraction of sp³-hybridized carbons (Fsp3) is 0.100. The Balaban J connectivity index is 3.61. The molecule has 1 aromatic rings. The molecule has 1 aromatic carbocycles. The number of carboxylic acid groups (broad SMARTS) is 1. The first kappa shape index (κ1) is 13.3. The number of nitriles is 1. The molecule has 92 valence electrons. The molecule has 0 saturated carbocycles. The molecule has 1 atom stereocenters. The summed E-state index contributed by atoms with van der Waals surface area (Å²) < 4.78 is 0. The highest BCUT2D eigenvalue weighted by Crippen LogP contribution is 2.26. The number of nitrogens with zero attached hydrogens (tertiary/aromatic N) is 2. The van der Waals surface area contributed by atoms with Crippen LogP contribution < -0.4 is 0 Å². The lowest BCUT2D eigenvalue weighted by atomic mass is 9.97. The van der Waals surface area contributed by atoms with Crippen LogP contribution in [0.5, 0.6) is 0 Å². The number of hydrogen-bond donors (Lipinski definition) is 2. The van der Waals surface area contributed by atoms with Crippen molar-refractivity contribution in [3.63, 3.8) is 0 Å². The SMILES string of the molecule is N#Cc1cc([N+](=O)[O-])cc(C(O)C(=O)O)c1C=O. The van der Waals surface area contributed by atoms with E-state index in [1.807, 2.05) is 0 Å². The van der Waals surface area contributed by atoms with Gasteiger partial charge in [-0.05, 0) is 0 Å². The Kier molecular flexibility index (Phi) is 3.71. The largest absolute Gasteiger partial charge is 0.479 e. The molecular formula is C10H6N2O6. The minimum Gasteiger partial charge on any atom is -0.479 e. The lowest BCUT2D eigenvalue weighted by Gasteiger charge is -2.09. The average Bonchev–Trinajstić information content (AvgIpc) is 2.35. The number of benzene rings is 1. The normalized spacial score (nSPS) is 11.3. The van der Waals surface area contributed by atoms with E-state index in [2.05, 4.69) is 0 Å². The number of rotatable bonds is 4. The quantitative estimate of drug-likeness (QED) is 0.447. The summed E-state index contributed by atoms with van der Waals surface area (Å²) in [4.78, 5) is 31.2. The lowest BCUT2D eigenvalue weighted by Crippen LogP contribution is -2.14. The fourth-order valence-corrected chi connectivity index (χ4v) is 1.35. The lowest BCUT2D eigenvalue weighted by molar-refractivity contribution is -0.385. The second-order valence-electron chi connectivity index (χ2n) is 3.22. The summed E-state index contributed by atoms with van der Waals surface area (Å²) >= 11 is 0. The van der Waals surface area contributed by atoms with E-state index in [0.29, 0.717) is 0 Å². The second-order valence-corrected chi connectivity index (χ2v) is 3.22. The number of carbonyl (C=O) groups is 2. The van der Waals surface area contributed by atoms with E-state index in [1.54, 1.807) is 0 Å². The van der Waals surface area contributed by atoms with Crippen molar-refractivity contribution in [2.45, 2.75) is 6.10 Å². The molecule has 8 heteroatoms. The Labute approximate surface area is 99.8 Å². The van der Waals surface area contributed by atoms with Gasteiger partial charge in [0.2, 0.25) is 0 Å². The summed E-state index contributed by atoms with van der Waals surface area (Å²) in [7, 11) is 0. The van der Waals surface area contributed by atoms with Gasteiger partial charge in [-0.1, -0.05) is 0 Å². The highest BCUT2D eigenvalue weighted by Gasteiger charge is 2.25. The van der Waals surface area contributed by atoms with Gasteiger partial charge in [0.25, 0.3) is 5.69 Å². The average molecular weight is 250 g/mol. The molecule has 2 N–H and O–H groups in total. The monoisotopic (exact) mass is 250 g/mol. The smallest absolute Gasteiger partial charge is 0.337 e. The van der Waals surface area contributed by atoms with E-state index in [0.717, 1.165) is 12.1 Å². The number of aldehydes is 1. The molecule has 1 rings (SSSR count). The molecule has 0 aromatic heterocycles. The predicted molar refractivity (Wildman–Crippen MR) is 55.8 cm³/mol. The summed E-state index contributed by atoms with van der Waals surface area (Å²) in [5.74, 6) is -1.68. The molecule has 0 aliphatic carbocycles. The first-order chi connectivity index (χ1) is 8.42. The van der Waals surface area contributed by atoms with Crippen molar-refractivity contribution >= 4 is 17.9 Å². The van der Waals surface area contributed by atoms with Crippen LogP contribution in [0.2, 0.25) is 0 Å². The molecule has 0 aliphatic rings. The van der Waals surface area contributed by atoms with Gasteiger partial charge in [0.15, 0.2) is 12.4 Å². The third-order valence-corrected chi connectivity index (χ3v) is 2.17. The molecule has 0 saturated heterocycles. The Morgan fingerprint density at radius 2 is 2.17 bits per heavy atom. The van der Waals surface area contributed by atoms with E-state index < -0.39 is 28.2 Å². The van der Waals surface area contributed by atoms with Crippen LogP contribution in [0.3, 0.4) is 0 Å². The molecule has 0 bridgehead atoms. The summed E-state index contributed by atoms with van der Waals surface area (Å²) in [6.07, 6.45) is -1.94. The first-order valence-electron chi connectivity index (χ1n) is 4.50. The fourth-order valence-electron chi connectivity index (χ4n) is 1.35. The van der Waals surface area contributed by atoms with Crippen molar-refractivity contribution in [3.05, 3.63) is 38.9 Å². The van der Waals surface area contributed by atoms with E-state index in [-0.39, 0.29) is 17.4 Å². The molecular weight excluding hydrogens is 244 g/mol. The standard InChI is InChI=1S/C10H6N2O6/c11-3-5-1-6(12(17)18)2-7(8(5)4-13)9(14)10(15)16/h1-2,4,9,14H,(H,15,16). The predicted octanol–water partition coefficient (Wildman–Crippen LogP) is 0.397. The number of aliphatic hydroxyl groups is 1. The third kappa shape index (κ3) is 2.31. The van der Waals surface area contributed by atoms with Crippen molar-refractivity contribution < 1.29 is 24.7 Å². The van der Waals surface area contributed by atoms with Crippen molar-refractivity contribution in [2.24, 2.45) is 0 Å². The minimum atomic E-state index is -2.11. The topological polar surface area (TPSA) is 142 Å². The zero-order chi connectivity index (χ0) is 13.9. The van der Waals surface area contributed by atoms with Gasteiger partial charge in [0, 0.05) is 23.3 Å². The summed E-state index contributed by atoms with van der Waals surface area (Å²) in [5.41, 5.74) is -1.80. The number of carbonyl (C=O) groups excluding carboxylic acids is 1. The molecule has 0 amide bonds. The molecule has 8 nitrogen and oxygen atoms in total. The molecule has 0 heterocycles. The highest BCUT2D eigenvalue weighted by atomic mass is 16.6. The molecule has 0 fully saturated rings. The number of carboxylic acids is 1. The van der Waals surface area contributed by atoms with Crippen LogP contribution in [-0.2, 0) is 4.79 Å². The number of aliphatic carboxylic acids is 1. The van der Waals surface area contributed by atoms with Gasteiger partial charge in [-0.25, -0.2) is 4.79 Å². The van der Waals surface area contributed by atoms with Crippen LogP contribution in [0.4, 0.5) is 5.69 Å². The van der Waals surface area contributed by atoms with Gasteiger partial charge >= 0.3 is 5.97 Å². The van der Waals surface area contributed by atoms with E-state index in [1.165, 1.54) is 6.07 Å². The van der Waals surface area contributed by atoms with Crippen LogP contribution in [0.1, 0.15) is 27.6 Å². The second kappa shape index (κ2) is 5.03. The number of nitro benzene ring substituents is 1. The van der Waals surface area contributed by atoms with Crippen LogP contribution in [0, 0.1) is 21.4 Å². The number of non-ortho nitro benzene ring substituents is 1. The van der Waals surface area contributed by atoms with E-state index in [9.17, 15) is 24.8 Å². The Bertz CT molecular complexity index is 574. The molecule has 1 unspecified atom stereocenters. The van der Waals surface area contributed by atoms with Crippen LogP contribution in [0.15, 0.2) is 12.1 Å². The highest BCUT2D eigenvalue weighted by molar-refractivity contribution is 5.86. The molecule has 0 radical (unpaired) electrons. The van der Waals surface area contributed by atoms with Gasteiger partial charge in [-0.15, -0.1) is 0 Å². The number of hydrogen-bond acceptors (Lipinski definition) is 6. The van der Waals surface area contributed by atoms with Gasteiger partial charge in [-0.3, -0.25) is 14.9 Å². The summed E-state index contributed by atoms with van der Waals surface area (Å²) in [6.45, 7) is 0. The summed E-state index contributed by atoms with van der Waals surface area (Å²) in [6, 6.07) is 3.12. The number of aliphatic hydroxyl groups excluding tert-OH is 1. The first-order valence-corrected chi connectivity index (χ1v) is 4.50. The van der Waals surface area contributed by atoms with E-state index >= 15 is 0 Å². The Hall–Kier alpha value is -2.79. The van der Waals surface area contributed by atoms with Gasteiger partial charge in [-0.2, -0.15) is 5.26 Å². The zero-order valence-electron chi connectivity index (χ0n) is 8.73. The van der Waals surface area contributed by atoms with Gasteiger partial charge < -0.3 is 10.2 Å². The van der Waals surface area contributed by atoms with Crippen molar-refractivity contribution in [1.29, 1.82) is 5.26 Å². The Morgan fingerprint density at radius 1 is 1.56 bits per heavy atom. The summed E-state index contributed by atoms with van der Waals surface area (Å²) in [5, 5.41) is 37.3. The van der Waals surface area contributed by atoms with Gasteiger partial charge in [0.05, 0.1) is 10.5 Å². The molecule has 0 spiro atoms. The maximum absolute atomic E-state index is 10.8. The molecule has 18 heavy (non-hydrogen) atoms. The molecule has 0 aliphatic heterocycles. The number of nitro groups is 1. The van der Waals surface area contributed by atoms with E-state index in [4.69, 9.17) is 10.4 Å². The van der Waals surface area contributed by atoms with Crippen molar-refractivity contribution in [2.75, 3.05) is 0 Å². The van der Waals surface area contributed by atoms with Crippen LogP contribution >= 0.6 is 0 Å². The zero-order valence-corrected chi connectivity index (χ0v) is 8.73. The van der Waals surface area contributed by atoms with Crippen molar-refractivity contribution in [3.8, 4) is 6.07 Å². The third-order valence-electron chi connectivity index (χ3n) is 2.17. The van der Waals surface area contributed by atoms with Crippen molar-refractivity contribution in [1.82, 2.24) is 0 Å². The maximum Gasteiger partial charge on any atom is 0.337 e. The Morgan fingerprint density at radius 3 is 2.56 bits per heavy atom. The maximum atomic E-state index is 10.8.